The van der Waals surface area contributed by atoms with Crippen LogP contribution < -0.4 is 0 Å². The van der Waals surface area contributed by atoms with E-state index in [9.17, 15) is 9.18 Å². The molecule has 1 rings (SSSR count). The molecule has 16 heavy (non-hydrogen) atoms. The predicted octanol–water partition coefficient (Wildman–Crippen LogP) is 3.58. The Labute approximate surface area is 103 Å². The maximum Gasteiger partial charge on any atom is 0.304 e. The van der Waals surface area contributed by atoms with Crippen LogP contribution in [0.15, 0.2) is 18.2 Å². The minimum Gasteiger partial charge on any atom is -0.481 e. The molecule has 0 saturated heterocycles. The first-order chi connectivity index (χ1) is 7.49. The maximum absolute atomic E-state index is 12.9. The molecule has 2 nitrogen and oxygen atoms in total. The van der Waals surface area contributed by atoms with E-state index in [2.05, 4.69) is 0 Å². The number of halogens is 2. The lowest BCUT2D eigenvalue weighted by atomic mass is 10.2. The summed E-state index contributed by atoms with van der Waals surface area (Å²) in [6.07, 6.45) is 0.125. The number of carbonyl (C=O) groups is 1. The van der Waals surface area contributed by atoms with E-state index in [-0.39, 0.29) is 16.7 Å². The summed E-state index contributed by atoms with van der Waals surface area (Å²) < 4.78 is 12.9. The Morgan fingerprint density at radius 1 is 1.62 bits per heavy atom. The second-order valence-corrected chi connectivity index (χ2v) is 5.30. The van der Waals surface area contributed by atoms with E-state index < -0.39 is 11.8 Å². The molecule has 1 atom stereocenters. The molecule has 1 aromatic carbocycles. The van der Waals surface area contributed by atoms with Gasteiger partial charge in [0.15, 0.2) is 0 Å². The van der Waals surface area contributed by atoms with Crippen LogP contribution in [0.25, 0.3) is 0 Å². The Balaban J connectivity index is 2.48. The highest BCUT2D eigenvalue weighted by Gasteiger charge is 2.08. The van der Waals surface area contributed by atoms with E-state index in [0.29, 0.717) is 5.75 Å². The van der Waals surface area contributed by atoms with E-state index >= 15 is 0 Å². The molecule has 0 aliphatic heterocycles. The van der Waals surface area contributed by atoms with Crippen LogP contribution in [0.4, 0.5) is 4.39 Å². The Bertz CT molecular complexity index is 384. The molecular formula is C11H12ClFO2S. The molecule has 1 unspecified atom stereocenters. The number of aliphatic carboxylic acids is 1. The van der Waals surface area contributed by atoms with Crippen molar-refractivity contribution in [1.82, 2.24) is 0 Å². The average molecular weight is 263 g/mol. The average Bonchev–Trinajstić information content (AvgIpc) is 2.19. The highest BCUT2D eigenvalue weighted by atomic mass is 35.5. The highest BCUT2D eigenvalue weighted by molar-refractivity contribution is 7.99. The van der Waals surface area contributed by atoms with E-state index in [4.69, 9.17) is 16.7 Å². The second kappa shape index (κ2) is 6.11. The number of carboxylic acids is 1. The lowest BCUT2D eigenvalue weighted by Gasteiger charge is -2.08. The molecule has 0 bridgehead atoms. The smallest absolute Gasteiger partial charge is 0.304 e. The molecule has 0 amide bonds. The summed E-state index contributed by atoms with van der Waals surface area (Å²) in [4.78, 5) is 10.4. The zero-order valence-corrected chi connectivity index (χ0v) is 10.3. The van der Waals surface area contributed by atoms with Crippen molar-refractivity contribution in [2.45, 2.75) is 24.3 Å². The standard InChI is InChI=1S/C11H12ClFO2S/c1-7(4-11(14)15)16-6-8-2-3-10(13)9(12)5-8/h2-3,5,7H,4,6H2,1H3,(H,14,15). The number of thioether (sulfide) groups is 1. The Hall–Kier alpha value is -0.740. The summed E-state index contributed by atoms with van der Waals surface area (Å²) in [5.41, 5.74) is 0.897. The zero-order valence-electron chi connectivity index (χ0n) is 8.74. The molecule has 0 aliphatic rings. The van der Waals surface area contributed by atoms with Crippen molar-refractivity contribution in [2.24, 2.45) is 0 Å². The third kappa shape index (κ3) is 4.41. The van der Waals surface area contributed by atoms with Gasteiger partial charge in [0, 0.05) is 11.0 Å². The van der Waals surface area contributed by atoms with Crippen molar-refractivity contribution in [2.75, 3.05) is 0 Å². The Morgan fingerprint density at radius 2 is 2.31 bits per heavy atom. The molecular weight excluding hydrogens is 251 g/mol. The van der Waals surface area contributed by atoms with Gasteiger partial charge in [0.2, 0.25) is 0 Å². The summed E-state index contributed by atoms with van der Waals surface area (Å²) >= 11 is 7.15. The van der Waals surface area contributed by atoms with Gasteiger partial charge in [-0.1, -0.05) is 24.6 Å². The topological polar surface area (TPSA) is 37.3 Å². The van der Waals surface area contributed by atoms with Crippen molar-refractivity contribution in [3.05, 3.63) is 34.6 Å². The van der Waals surface area contributed by atoms with Gasteiger partial charge in [-0.05, 0) is 17.7 Å². The van der Waals surface area contributed by atoms with Crippen LogP contribution in [-0.4, -0.2) is 16.3 Å². The van der Waals surface area contributed by atoms with Crippen molar-refractivity contribution in [3.63, 3.8) is 0 Å². The molecule has 0 radical (unpaired) electrons. The highest BCUT2D eigenvalue weighted by Crippen LogP contribution is 2.23. The quantitative estimate of drug-likeness (QED) is 0.881. The fourth-order valence-corrected chi connectivity index (χ4v) is 2.29. The van der Waals surface area contributed by atoms with Gasteiger partial charge in [0.25, 0.3) is 0 Å². The summed E-state index contributed by atoms with van der Waals surface area (Å²) in [6.45, 7) is 1.85. The van der Waals surface area contributed by atoms with Crippen molar-refractivity contribution >= 4 is 29.3 Å². The van der Waals surface area contributed by atoms with Crippen LogP contribution in [0, 0.1) is 5.82 Å². The third-order valence-corrected chi connectivity index (χ3v) is 3.51. The fourth-order valence-electron chi connectivity index (χ4n) is 1.17. The second-order valence-electron chi connectivity index (χ2n) is 3.47. The lowest BCUT2D eigenvalue weighted by molar-refractivity contribution is -0.136. The van der Waals surface area contributed by atoms with Gasteiger partial charge in [-0.25, -0.2) is 4.39 Å². The number of hydrogen-bond acceptors (Lipinski definition) is 2. The van der Waals surface area contributed by atoms with Gasteiger partial charge in [-0.2, -0.15) is 11.8 Å². The number of rotatable bonds is 5. The fraction of sp³-hybridized carbons (Fsp3) is 0.364. The van der Waals surface area contributed by atoms with Gasteiger partial charge in [-0.3, -0.25) is 4.79 Å². The van der Waals surface area contributed by atoms with Crippen LogP contribution in [-0.2, 0) is 10.5 Å². The van der Waals surface area contributed by atoms with Crippen LogP contribution >= 0.6 is 23.4 Å². The normalized spacial score (nSPS) is 12.4. The molecule has 0 heterocycles. The van der Waals surface area contributed by atoms with E-state index in [1.807, 2.05) is 6.92 Å². The minimum absolute atomic E-state index is 0.0290. The SMILES string of the molecule is CC(CC(=O)O)SCc1ccc(F)c(Cl)c1. The number of hydrogen-bond donors (Lipinski definition) is 1. The summed E-state index contributed by atoms with van der Waals surface area (Å²) in [5, 5.41) is 8.71. The first kappa shape index (κ1) is 13.3. The van der Waals surface area contributed by atoms with Crippen LogP contribution in [0.5, 0.6) is 0 Å². The van der Waals surface area contributed by atoms with Gasteiger partial charge >= 0.3 is 5.97 Å². The maximum atomic E-state index is 12.9. The largest absolute Gasteiger partial charge is 0.481 e. The minimum atomic E-state index is -0.808. The molecule has 0 aliphatic carbocycles. The van der Waals surface area contributed by atoms with Crippen LogP contribution in [0.2, 0.25) is 5.02 Å². The summed E-state index contributed by atoms with van der Waals surface area (Å²) in [5.74, 6) is -0.611. The summed E-state index contributed by atoms with van der Waals surface area (Å²) in [7, 11) is 0. The first-order valence-corrected chi connectivity index (χ1v) is 6.19. The Kier molecular flexibility index (Phi) is 5.09. The van der Waals surface area contributed by atoms with Crippen LogP contribution in [0.3, 0.4) is 0 Å². The number of benzene rings is 1. The zero-order chi connectivity index (χ0) is 12.1. The van der Waals surface area contributed by atoms with Gasteiger partial charge < -0.3 is 5.11 Å². The summed E-state index contributed by atoms with van der Waals surface area (Å²) in [6, 6.07) is 4.54. The van der Waals surface area contributed by atoms with Crippen molar-refractivity contribution in [1.29, 1.82) is 0 Å². The molecule has 88 valence electrons. The van der Waals surface area contributed by atoms with E-state index in [0.717, 1.165) is 5.56 Å². The Morgan fingerprint density at radius 3 is 2.88 bits per heavy atom. The van der Waals surface area contributed by atoms with Gasteiger partial charge in [0.05, 0.1) is 11.4 Å². The first-order valence-electron chi connectivity index (χ1n) is 4.76. The molecule has 0 saturated carbocycles. The third-order valence-electron chi connectivity index (χ3n) is 1.98. The van der Waals surface area contributed by atoms with Crippen molar-refractivity contribution < 1.29 is 14.3 Å². The molecule has 0 aromatic heterocycles. The lowest BCUT2D eigenvalue weighted by Crippen LogP contribution is -2.05. The molecule has 1 N–H and O–H groups in total. The van der Waals surface area contributed by atoms with Crippen LogP contribution in [0.1, 0.15) is 18.9 Å². The predicted molar refractivity (Wildman–Crippen MR) is 64.4 cm³/mol. The molecule has 0 spiro atoms. The van der Waals surface area contributed by atoms with E-state index in [1.54, 1.807) is 12.1 Å². The van der Waals surface area contributed by atoms with Gasteiger partial charge in [-0.15, -0.1) is 0 Å². The molecule has 5 heteroatoms. The van der Waals surface area contributed by atoms with Crippen molar-refractivity contribution in [3.8, 4) is 0 Å². The molecule has 0 fully saturated rings. The van der Waals surface area contributed by atoms with E-state index in [1.165, 1.54) is 17.8 Å². The van der Waals surface area contributed by atoms with Gasteiger partial charge in [0.1, 0.15) is 5.82 Å². The number of carboxylic acid groups (broad SMARTS) is 1. The molecule has 1 aromatic rings. The monoisotopic (exact) mass is 262 g/mol.